The third kappa shape index (κ3) is 5.76. The van der Waals surface area contributed by atoms with Gasteiger partial charge in [-0.2, -0.15) is 0 Å². The Morgan fingerprint density at radius 2 is 1.64 bits per heavy atom. The maximum atomic E-state index is 5.58. The van der Waals surface area contributed by atoms with Crippen LogP contribution in [0.2, 0.25) is 0 Å². The first kappa shape index (κ1) is 19.3. The monoisotopic (exact) mass is 343 g/mol. The van der Waals surface area contributed by atoms with Gasteiger partial charge in [-0.1, -0.05) is 30.3 Å². The van der Waals surface area contributed by atoms with Gasteiger partial charge in [0.2, 0.25) is 0 Å². The Morgan fingerprint density at radius 1 is 0.960 bits per heavy atom. The van der Waals surface area contributed by atoms with Crippen LogP contribution in [0.15, 0.2) is 42.5 Å². The molecule has 0 atom stereocenters. The minimum absolute atomic E-state index is 0.288. The fourth-order valence-electron chi connectivity index (χ4n) is 2.69. The van der Waals surface area contributed by atoms with E-state index in [-0.39, 0.29) is 6.10 Å². The highest BCUT2D eigenvalue weighted by Gasteiger charge is 2.12. The number of nitrogens with one attached hydrogen (secondary N) is 1. The zero-order chi connectivity index (χ0) is 18.1. The molecule has 0 aromatic heterocycles. The Hall–Kier alpha value is -2.04. The van der Waals surface area contributed by atoms with Crippen LogP contribution in [0.5, 0.6) is 11.5 Å². The summed E-state index contributed by atoms with van der Waals surface area (Å²) in [6.45, 7) is 6.58. The van der Waals surface area contributed by atoms with Crippen LogP contribution in [0.3, 0.4) is 0 Å². The quantitative estimate of drug-likeness (QED) is 0.654. The normalized spacial score (nSPS) is 10.9. The van der Waals surface area contributed by atoms with Crippen LogP contribution in [0.25, 0.3) is 11.1 Å². The van der Waals surface area contributed by atoms with E-state index in [0.717, 1.165) is 43.2 Å². The van der Waals surface area contributed by atoms with E-state index in [0.29, 0.717) is 0 Å². The van der Waals surface area contributed by atoms with Gasteiger partial charge in [-0.05, 0) is 55.6 Å². The summed E-state index contributed by atoms with van der Waals surface area (Å²) in [7, 11) is 3.33. The number of hydrogen-bond acceptors (Lipinski definition) is 4. The zero-order valence-electron chi connectivity index (χ0n) is 15.7. The lowest BCUT2D eigenvalue weighted by Crippen LogP contribution is -2.18. The van der Waals surface area contributed by atoms with Gasteiger partial charge in [0.25, 0.3) is 0 Å². The third-order valence-electron chi connectivity index (χ3n) is 3.96. The van der Waals surface area contributed by atoms with Crippen LogP contribution < -0.4 is 14.8 Å². The van der Waals surface area contributed by atoms with Crippen LogP contribution in [0.4, 0.5) is 0 Å². The van der Waals surface area contributed by atoms with E-state index >= 15 is 0 Å². The molecule has 2 rings (SSSR count). The van der Waals surface area contributed by atoms with Crippen molar-refractivity contribution in [1.29, 1.82) is 0 Å². The number of ether oxygens (including phenoxy) is 3. The van der Waals surface area contributed by atoms with Gasteiger partial charge in [-0.15, -0.1) is 0 Å². The lowest BCUT2D eigenvalue weighted by Gasteiger charge is -2.16. The van der Waals surface area contributed by atoms with Gasteiger partial charge in [-0.25, -0.2) is 0 Å². The minimum Gasteiger partial charge on any atom is -0.493 e. The topological polar surface area (TPSA) is 39.7 Å². The second kappa shape index (κ2) is 10.1. The van der Waals surface area contributed by atoms with Gasteiger partial charge in [0.15, 0.2) is 11.5 Å². The fraction of sp³-hybridized carbons (Fsp3) is 0.429. The molecule has 1 N–H and O–H groups in total. The van der Waals surface area contributed by atoms with Crippen molar-refractivity contribution in [2.45, 2.75) is 32.9 Å². The van der Waals surface area contributed by atoms with E-state index in [1.807, 2.05) is 24.3 Å². The van der Waals surface area contributed by atoms with E-state index in [9.17, 15) is 0 Å². The standard InChI is InChI=1S/C21H29NO3/c1-16(2)25-12-8-11-22-15-18-13-20(23-3)21(24-4)14-19(18)17-9-6-5-7-10-17/h5-7,9-10,13-14,16,22H,8,11-12,15H2,1-4H3. The van der Waals surface area contributed by atoms with Gasteiger partial charge in [0, 0.05) is 13.2 Å². The maximum Gasteiger partial charge on any atom is 0.161 e. The third-order valence-corrected chi connectivity index (χ3v) is 3.96. The fourth-order valence-corrected chi connectivity index (χ4v) is 2.69. The van der Waals surface area contributed by atoms with Crippen LogP contribution >= 0.6 is 0 Å². The molecule has 0 aliphatic carbocycles. The first-order valence-electron chi connectivity index (χ1n) is 8.78. The molecule has 136 valence electrons. The zero-order valence-corrected chi connectivity index (χ0v) is 15.7. The van der Waals surface area contributed by atoms with Gasteiger partial charge in [-0.3, -0.25) is 0 Å². The summed E-state index contributed by atoms with van der Waals surface area (Å²) in [5.41, 5.74) is 3.52. The molecule has 4 heteroatoms. The summed E-state index contributed by atoms with van der Waals surface area (Å²) in [6.07, 6.45) is 1.28. The number of benzene rings is 2. The molecule has 0 heterocycles. The Morgan fingerprint density at radius 3 is 2.28 bits per heavy atom. The van der Waals surface area contributed by atoms with Crippen molar-refractivity contribution in [3.8, 4) is 22.6 Å². The summed E-state index contributed by atoms with van der Waals surface area (Å²) in [5.74, 6) is 1.50. The predicted molar refractivity (Wildman–Crippen MR) is 102 cm³/mol. The van der Waals surface area contributed by atoms with Crippen molar-refractivity contribution >= 4 is 0 Å². The van der Waals surface area contributed by atoms with Crippen molar-refractivity contribution < 1.29 is 14.2 Å². The second-order valence-electron chi connectivity index (χ2n) is 6.18. The van der Waals surface area contributed by atoms with E-state index in [1.54, 1.807) is 14.2 Å². The van der Waals surface area contributed by atoms with Gasteiger partial charge in [0.1, 0.15) is 0 Å². The maximum absolute atomic E-state index is 5.58. The molecule has 0 saturated heterocycles. The lowest BCUT2D eigenvalue weighted by atomic mass is 9.98. The Bertz CT molecular complexity index is 641. The molecule has 2 aromatic rings. The van der Waals surface area contributed by atoms with Crippen molar-refractivity contribution in [2.75, 3.05) is 27.4 Å². The summed E-state index contributed by atoms with van der Waals surface area (Å²) < 4.78 is 16.5. The van der Waals surface area contributed by atoms with Crippen LogP contribution in [0, 0.1) is 0 Å². The van der Waals surface area contributed by atoms with Crippen LogP contribution in [-0.4, -0.2) is 33.5 Å². The molecule has 4 nitrogen and oxygen atoms in total. The summed E-state index contributed by atoms with van der Waals surface area (Å²) in [6, 6.07) is 14.4. The molecule has 0 radical (unpaired) electrons. The van der Waals surface area contributed by atoms with Crippen molar-refractivity contribution in [3.63, 3.8) is 0 Å². The molecule has 0 bridgehead atoms. The Labute approximate surface area is 151 Å². The largest absolute Gasteiger partial charge is 0.493 e. The van der Waals surface area contributed by atoms with Crippen molar-refractivity contribution in [3.05, 3.63) is 48.0 Å². The number of rotatable bonds is 10. The molecule has 2 aromatic carbocycles. The molecule has 0 fully saturated rings. The van der Waals surface area contributed by atoms with Gasteiger partial charge in [0.05, 0.1) is 20.3 Å². The first-order valence-corrected chi connectivity index (χ1v) is 8.78. The SMILES string of the molecule is COc1cc(CNCCCOC(C)C)c(-c2ccccc2)cc1OC. The van der Waals surface area contributed by atoms with Crippen molar-refractivity contribution in [1.82, 2.24) is 5.32 Å². The Kier molecular flexibility index (Phi) is 7.76. The van der Waals surface area contributed by atoms with Crippen LogP contribution in [0.1, 0.15) is 25.8 Å². The van der Waals surface area contributed by atoms with Gasteiger partial charge >= 0.3 is 0 Å². The number of methoxy groups -OCH3 is 2. The molecule has 0 aliphatic heterocycles. The lowest BCUT2D eigenvalue weighted by molar-refractivity contribution is 0.0770. The first-order chi connectivity index (χ1) is 12.2. The summed E-state index contributed by atoms with van der Waals surface area (Å²) in [5, 5.41) is 3.50. The second-order valence-corrected chi connectivity index (χ2v) is 6.18. The molecule has 0 amide bonds. The molecule has 0 unspecified atom stereocenters. The molecule has 0 saturated carbocycles. The Balaban J connectivity index is 2.12. The number of hydrogen-bond donors (Lipinski definition) is 1. The molecular formula is C21H29NO3. The van der Waals surface area contributed by atoms with Gasteiger partial charge < -0.3 is 19.5 Å². The van der Waals surface area contributed by atoms with Crippen LogP contribution in [-0.2, 0) is 11.3 Å². The van der Waals surface area contributed by atoms with E-state index in [2.05, 4.69) is 37.4 Å². The highest BCUT2D eigenvalue weighted by molar-refractivity contribution is 5.71. The molecule has 0 aliphatic rings. The van der Waals surface area contributed by atoms with E-state index < -0.39 is 0 Å². The van der Waals surface area contributed by atoms with Crippen molar-refractivity contribution in [2.24, 2.45) is 0 Å². The summed E-state index contributed by atoms with van der Waals surface area (Å²) in [4.78, 5) is 0. The predicted octanol–water partition coefficient (Wildman–Crippen LogP) is 4.28. The molecular weight excluding hydrogens is 314 g/mol. The highest BCUT2D eigenvalue weighted by atomic mass is 16.5. The average Bonchev–Trinajstić information content (AvgIpc) is 2.64. The smallest absolute Gasteiger partial charge is 0.161 e. The summed E-state index contributed by atoms with van der Waals surface area (Å²) >= 11 is 0. The molecule has 0 spiro atoms. The van der Waals surface area contributed by atoms with E-state index in [4.69, 9.17) is 14.2 Å². The average molecular weight is 343 g/mol. The van der Waals surface area contributed by atoms with E-state index in [1.165, 1.54) is 11.1 Å². The minimum atomic E-state index is 0.288. The highest BCUT2D eigenvalue weighted by Crippen LogP contribution is 2.35. The molecule has 25 heavy (non-hydrogen) atoms.